The molecule has 0 radical (unpaired) electrons. The van der Waals surface area contributed by atoms with Crippen LogP contribution in [-0.4, -0.2) is 27.6 Å². The van der Waals surface area contributed by atoms with Crippen molar-refractivity contribution in [1.29, 1.82) is 0 Å². The second-order valence-corrected chi connectivity index (χ2v) is 5.53. The fourth-order valence-corrected chi connectivity index (χ4v) is 2.50. The van der Waals surface area contributed by atoms with Crippen LogP contribution >= 0.6 is 11.6 Å². The van der Waals surface area contributed by atoms with Crippen molar-refractivity contribution in [3.63, 3.8) is 0 Å². The third-order valence-corrected chi connectivity index (χ3v) is 3.57. The molecule has 6 nitrogen and oxygen atoms in total. The van der Waals surface area contributed by atoms with Crippen LogP contribution in [0.4, 0.5) is 4.79 Å². The van der Waals surface area contributed by atoms with Crippen LogP contribution in [0.3, 0.4) is 0 Å². The molecule has 128 valence electrons. The Morgan fingerprint density at radius 3 is 2.72 bits per heavy atom. The summed E-state index contributed by atoms with van der Waals surface area (Å²) < 4.78 is 11.4. The third kappa shape index (κ3) is 3.92. The standard InChI is InChI=1S/C18H15ClN2O4/c1-2-24-18(23)25-17-11-16(12-5-3-8-15(22)9-12)21(20-17)14-7-4-6-13(19)10-14/h3-11,22H,2H2,1H3. The van der Waals surface area contributed by atoms with Gasteiger partial charge in [-0.2, -0.15) is 0 Å². The van der Waals surface area contributed by atoms with Gasteiger partial charge in [-0.15, -0.1) is 5.10 Å². The first-order valence-corrected chi connectivity index (χ1v) is 7.94. The maximum atomic E-state index is 11.6. The second-order valence-electron chi connectivity index (χ2n) is 5.09. The molecule has 2 aromatic carbocycles. The number of carbonyl (C=O) groups excluding carboxylic acids is 1. The van der Waals surface area contributed by atoms with Gasteiger partial charge in [0.2, 0.25) is 5.88 Å². The van der Waals surface area contributed by atoms with E-state index in [1.165, 1.54) is 0 Å². The first-order chi connectivity index (χ1) is 12.1. The fraction of sp³-hybridized carbons (Fsp3) is 0.111. The zero-order valence-corrected chi connectivity index (χ0v) is 14.1. The number of ether oxygens (including phenoxy) is 2. The Morgan fingerprint density at radius 1 is 1.20 bits per heavy atom. The minimum atomic E-state index is -0.833. The van der Waals surface area contributed by atoms with E-state index in [1.807, 2.05) is 12.1 Å². The van der Waals surface area contributed by atoms with Crippen LogP contribution in [0.15, 0.2) is 54.6 Å². The lowest BCUT2D eigenvalue weighted by Gasteiger charge is -2.08. The predicted octanol–water partition coefficient (Wildman–Crippen LogP) is 4.43. The van der Waals surface area contributed by atoms with Crippen LogP contribution in [0.2, 0.25) is 5.02 Å². The van der Waals surface area contributed by atoms with Gasteiger partial charge in [-0.25, -0.2) is 9.48 Å². The van der Waals surface area contributed by atoms with Crippen molar-refractivity contribution in [2.75, 3.05) is 6.61 Å². The second kappa shape index (κ2) is 7.27. The molecule has 3 aromatic rings. The van der Waals surface area contributed by atoms with Crippen LogP contribution in [0, 0.1) is 0 Å². The molecule has 0 atom stereocenters. The van der Waals surface area contributed by atoms with E-state index in [0.717, 1.165) is 0 Å². The van der Waals surface area contributed by atoms with Crippen molar-refractivity contribution in [3.05, 3.63) is 59.6 Å². The molecule has 25 heavy (non-hydrogen) atoms. The Bertz CT molecular complexity index is 845. The number of hydrogen-bond donors (Lipinski definition) is 1. The quantitative estimate of drug-likeness (QED) is 0.698. The molecule has 0 aliphatic rings. The Labute approximate surface area is 149 Å². The van der Waals surface area contributed by atoms with Gasteiger partial charge in [-0.3, -0.25) is 0 Å². The Balaban J connectivity index is 2.08. The summed E-state index contributed by atoms with van der Waals surface area (Å²) in [4.78, 5) is 11.6. The summed E-state index contributed by atoms with van der Waals surface area (Å²) in [7, 11) is 0. The molecule has 0 unspecified atom stereocenters. The number of rotatable bonds is 4. The minimum Gasteiger partial charge on any atom is -0.508 e. The van der Waals surface area contributed by atoms with E-state index in [0.29, 0.717) is 22.0 Å². The van der Waals surface area contributed by atoms with Crippen LogP contribution < -0.4 is 4.74 Å². The number of benzene rings is 2. The molecular weight excluding hydrogens is 344 g/mol. The van der Waals surface area contributed by atoms with Crippen molar-refractivity contribution in [1.82, 2.24) is 9.78 Å². The molecule has 0 saturated heterocycles. The summed E-state index contributed by atoms with van der Waals surface area (Å²) in [6, 6.07) is 15.4. The normalized spacial score (nSPS) is 10.5. The number of hydrogen-bond acceptors (Lipinski definition) is 5. The highest BCUT2D eigenvalue weighted by Gasteiger charge is 2.16. The van der Waals surface area contributed by atoms with Crippen LogP contribution in [-0.2, 0) is 4.74 Å². The van der Waals surface area contributed by atoms with E-state index in [9.17, 15) is 9.90 Å². The van der Waals surface area contributed by atoms with E-state index < -0.39 is 6.16 Å². The molecule has 0 saturated carbocycles. The Hall–Kier alpha value is -2.99. The largest absolute Gasteiger partial charge is 0.515 e. The van der Waals surface area contributed by atoms with E-state index in [4.69, 9.17) is 21.1 Å². The molecule has 0 amide bonds. The lowest BCUT2D eigenvalue weighted by Crippen LogP contribution is -2.10. The maximum Gasteiger partial charge on any atom is 0.515 e. The average molecular weight is 359 g/mol. The fourth-order valence-electron chi connectivity index (χ4n) is 2.32. The molecule has 0 aliphatic heterocycles. The van der Waals surface area contributed by atoms with Crippen LogP contribution in [0.5, 0.6) is 11.6 Å². The molecule has 1 heterocycles. The number of aromatic nitrogens is 2. The Kier molecular flexibility index (Phi) is 4.90. The minimum absolute atomic E-state index is 0.0803. The topological polar surface area (TPSA) is 73.6 Å². The van der Waals surface area contributed by atoms with Crippen LogP contribution in [0.25, 0.3) is 16.9 Å². The lowest BCUT2D eigenvalue weighted by molar-refractivity contribution is 0.102. The monoisotopic (exact) mass is 358 g/mol. The van der Waals surface area contributed by atoms with Gasteiger partial charge in [-0.1, -0.05) is 29.8 Å². The molecule has 0 aliphatic carbocycles. The molecule has 1 aromatic heterocycles. The van der Waals surface area contributed by atoms with Crippen molar-refractivity contribution < 1.29 is 19.4 Å². The summed E-state index contributed by atoms with van der Waals surface area (Å²) in [5.74, 6) is 0.195. The Morgan fingerprint density at radius 2 is 2.00 bits per heavy atom. The SMILES string of the molecule is CCOC(=O)Oc1cc(-c2cccc(O)c2)n(-c2cccc(Cl)c2)n1. The smallest absolute Gasteiger partial charge is 0.508 e. The molecule has 0 fully saturated rings. The van der Waals surface area contributed by atoms with E-state index in [2.05, 4.69) is 5.10 Å². The first kappa shape index (κ1) is 16.9. The molecular formula is C18H15ClN2O4. The molecule has 1 N–H and O–H groups in total. The molecule has 7 heteroatoms. The molecule has 3 rings (SSSR count). The highest BCUT2D eigenvalue weighted by molar-refractivity contribution is 6.30. The maximum absolute atomic E-state index is 11.6. The number of phenols is 1. The van der Waals surface area contributed by atoms with Crippen molar-refractivity contribution in [2.24, 2.45) is 0 Å². The van der Waals surface area contributed by atoms with Crippen molar-refractivity contribution >= 4 is 17.8 Å². The van der Waals surface area contributed by atoms with Gasteiger partial charge in [-0.05, 0) is 37.3 Å². The zero-order chi connectivity index (χ0) is 17.8. The van der Waals surface area contributed by atoms with Gasteiger partial charge in [0.15, 0.2) is 0 Å². The van der Waals surface area contributed by atoms with Crippen molar-refractivity contribution in [3.8, 4) is 28.6 Å². The van der Waals surface area contributed by atoms with E-state index in [1.54, 1.807) is 54.1 Å². The van der Waals surface area contributed by atoms with E-state index in [-0.39, 0.29) is 18.2 Å². The predicted molar refractivity (Wildman–Crippen MR) is 93.3 cm³/mol. The number of aromatic hydroxyl groups is 1. The molecule has 0 spiro atoms. The van der Waals surface area contributed by atoms with Gasteiger partial charge < -0.3 is 14.6 Å². The number of phenolic OH excluding ortho intramolecular Hbond substituents is 1. The highest BCUT2D eigenvalue weighted by atomic mass is 35.5. The molecule has 0 bridgehead atoms. The number of carbonyl (C=O) groups is 1. The van der Waals surface area contributed by atoms with Gasteiger partial charge >= 0.3 is 6.16 Å². The average Bonchev–Trinajstić information content (AvgIpc) is 2.99. The third-order valence-electron chi connectivity index (χ3n) is 3.33. The first-order valence-electron chi connectivity index (χ1n) is 7.57. The van der Waals surface area contributed by atoms with Gasteiger partial charge in [0.05, 0.1) is 18.0 Å². The van der Waals surface area contributed by atoms with Crippen molar-refractivity contribution in [2.45, 2.75) is 6.92 Å². The summed E-state index contributed by atoms with van der Waals surface area (Å²) >= 11 is 6.06. The highest BCUT2D eigenvalue weighted by Crippen LogP contribution is 2.30. The van der Waals surface area contributed by atoms with E-state index >= 15 is 0 Å². The zero-order valence-electron chi connectivity index (χ0n) is 13.3. The summed E-state index contributed by atoms with van der Waals surface area (Å²) in [5.41, 5.74) is 2.01. The summed E-state index contributed by atoms with van der Waals surface area (Å²) in [5, 5.41) is 14.6. The number of nitrogens with zero attached hydrogens (tertiary/aromatic N) is 2. The van der Waals surface area contributed by atoms with Gasteiger partial charge in [0, 0.05) is 16.7 Å². The number of halogens is 1. The summed E-state index contributed by atoms with van der Waals surface area (Å²) in [6.45, 7) is 1.89. The van der Waals surface area contributed by atoms with Crippen LogP contribution in [0.1, 0.15) is 6.92 Å². The van der Waals surface area contributed by atoms with Gasteiger partial charge in [0.25, 0.3) is 0 Å². The summed E-state index contributed by atoms with van der Waals surface area (Å²) in [6.07, 6.45) is -0.833. The van der Waals surface area contributed by atoms with Gasteiger partial charge in [0.1, 0.15) is 5.75 Å². The lowest BCUT2D eigenvalue weighted by atomic mass is 10.1.